The van der Waals surface area contributed by atoms with E-state index in [1.165, 1.54) is 0 Å². The van der Waals surface area contributed by atoms with Crippen LogP contribution in [0, 0.1) is 0 Å². The van der Waals surface area contributed by atoms with E-state index in [4.69, 9.17) is 5.11 Å². The van der Waals surface area contributed by atoms with Crippen LogP contribution in [0.3, 0.4) is 0 Å². The van der Waals surface area contributed by atoms with Crippen molar-refractivity contribution in [1.82, 2.24) is 5.32 Å². The minimum atomic E-state index is -1.03. The molecule has 0 aliphatic rings. The largest absolute Gasteiger partial charge is 0.465 e. The number of rotatable bonds is 2. The van der Waals surface area contributed by atoms with Crippen molar-refractivity contribution in [2.45, 2.75) is 19.4 Å². The van der Waals surface area contributed by atoms with Gasteiger partial charge in [0.25, 0.3) is 0 Å². The highest BCUT2D eigenvalue weighted by molar-refractivity contribution is 5.65. The van der Waals surface area contributed by atoms with Crippen molar-refractivity contribution in [3.8, 4) is 0 Å². The second-order valence-corrected chi connectivity index (χ2v) is 2.36. The Kier molecular flexibility index (Phi) is 2.25. The van der Waals surface area contributed by atoms with Crippen molar-refractivity contribution in [3.05, 3.63) is 12.7 Å². The molecule has 0 aromatic rings. The van der Waals surface area contributed by atoms with Crippen molar-refractivity contribution < 1.29 is 9.90 Å². The normalized spacial score (nSPS) is 10.4. The lowest BCUT2D eigenvalue weighted by atomic mass is 10.1. The van der Waals surface area contributed by atoms with Gasteiger partial charge in [-0.25, -0.2) is 4.79 Å². The molecule has 52 valence electrons. The summed E-state index contributed by atoms with van der Waals surface area (Å²) in [6.07, 6.45) is 0.515. The average Bonchev–Trinajstić information content (AvgIpc) is 1.63. The van der Waals surface area contributed by atoms with E-state index in [1.807, 2.05) is 0 Å². The molecule has 0 aromatic heterocycles. The first kappa shape index (κ1) is 8.01. The summed E-state index contributed by atoms with van der Waals surface area (Å²) in [5.41, 5.74) is -0.522. The summed E-state index contributed by atoms with van der Waals surface area (Å²) in [4.78, 5) is 10.0. The number of amides is 1. The lowest BCUT2D eigenvalue weighted by Crippen LogP contribution is -2.40. The average molecular weight is 129 g/mol. The molecular weight excluding hydrogens is 118 g/mol. The molecule has 0 aromatic carbocycles. The summed E-state index contributed by atoms with van der Waals surface area (Å²) >= 11 is 0. The van der Waals surface area contributed by atoms with Crippen molar-refractivity contribution >= 4 is 6.09 Å². The summed E-state index contributed by atoms with van der Waals surface area (Å²) in [6.45, 7) is 6.92. The van der Waals surface area contributed by atoms with Crippen LogP contribution in [0.4, 0.5) is 4.79 Å². The van der Waals surface area contributed by atoms with E-state index in [2.05, 4.69) is 11.9 Å². The monoisotopic (exact) mass is 129 g/mol. The predicted molar refractivity (Wildman–Crippen MR) is 35.4 cm³/mol. The summed E-state index contributed by atoms with van der Waals surface area (Å²) in [5.74, 6) is 0. The molecular formula is C6H11NO2. The van der Waals surface area contributed by atoms with Crippen LogP contribution in [0.5, 0.6) is 0 Å². The molecule has 9 heavy (non-hydrogen) atoms. The molecule has 0 saturated heterocycles. The molecule has 0 bridgehead atoms. The maximum Gasteiger partial charge on any atom is 0.405 e. The number of hydrogen-bond donors (Lipinski definition) is 2. The van der Waals surface area contributed by atoms with Gasteiger partial charge in [-0.2, -0.15) is 0 Å². The molecule has 0 atom stereocenters. The van der Waals surface area contributed by atoms with Crippen LogP contribution >= 0.6 is 0 Å². The van der Waals surface area contributed by atoms with Gasteiger partial charge in [-0.05, 0) is 13.8 Å². The van der Waals surface area contributed by atoms with Gasteiger partial charge in [-0.1, -0.05) is 6.08 Å². The highest BCUT2D eigenvalue weighted by Crippen LogP contribution is 2.00. The van der Waals surface area contributed by atoms with Gasteiger partial charge < -0.3 is 10.4 Å². The molecule has 3 nitrogen and oxygen atoms in total. The molecule has 0 unspecified atom stereocenters. The van der Waals surface area contributed by atoms with Gasteiger partial charge in [-0.15, -0.1) is 6.58 Å². The van der Waals surface area contributed by atoms with Gasteiger partial charge in [0.2, 0.25) is 0 Å². The minimum Gasteiger partial charge on any atom is -0.465 e. The highest BCUT2D eigenvalue weighted by atomic mass is 16.4. The smallest absolute Gasteiger partial charge is 0.405 e. The SMILES string of the molecule is C=CC(C)(C)NC(=O)O. The Labute approximate surface area is 54.4 Å². The third-order valence-electron chi connectivity index (χ3n) is 0.939. The maximum absolute atomic E-state index is 10.0. The Bertz CT molecular complexity index is 129. The number of hydrogen-bond acceptors (Lipinski definition) is 1. The minimum absolute atomic E-state index is 0.522. The Balaban J connectivity index is 3.86. The molecule has 0 saturated carbocycles. The zero-order chi connectivity index (χ0) is 7.49. The maximum atomic E-state index is 10.0. The van der Waals surface area contributed by atoms with Crippen LogP contribution in [-0.4, -0.2) is 16.7 Å². The number of carboxylic acid groups (broad SMARTS) is 1. The molecule has 0 radical (unpaired) electrons. The first-order valence-corrected chi connectivity index (χ1v) is 2.62. The molecule has 1 amide bonds. The summed E-state index contributed by atoms with van der Waals surface area (Å²) in [5, 5.41) is 10.5. The molecule has 2 N–H and O–H groups in total. The van der Waals surface area contributed by atoms with E-state index in [-0.39, 0.29) is 0 Å². The summed E-state index contributed by atoms with van der Waals surface area (Å²) in [6, 6.07) is 0. The zero-order valence-corrected chi connectivity index (χ0v) is 5.64. The summed E-state index contributed by atoms with van der Waals surface area (Å²) in [7, 11) is 0. The second-order valence-electron chi connectivity index (χ2n) is 2.36. The first-order chi connectivity index (χ1) is 3.98. The zero-order valence-electron chi connectivity index (χ0n) is 5.64. The lowest BCUT2D eigenvalue weighted by molar-refractivity contribution is 0.187. The van der Waals surface area contributed by atoms with E-state index in [0.29, 0.717) is 0 Å². The standard InChI is InChI=1S/C6H11NO2/c1-4-6(2,3)7-5(8)9/h4,7H,1H2,2-3H3,(H,8,9). The Morgan fingerprint density at radius 1 is 1.78 bits per heavy atom. The Morgan fingerprint density at radius 2 is 2.22 bits per heavy atom. The van der Waals surface area contributed by atoms with Crippen molar-refractivity contribution in [1.29, 1.82) is 0 Å². The van der Waals surface area contributed by atoms with Crippen molar-refractivity contribution in [2.75, 3.05) is 0 Å². The van der Waals surface area contributed by atoms with Gasteiger partial charge in [0, 0.05) is 0 Å². The van der Waals surface area contributed by atoms with Crippen LogP contribution in [-0.2, 0) is 0 Å². The Hall–Kier alpha value is -0.990. The van der Waals surface area contributed by atoms with Crippen molar-refractivity contribution in [3.63, 3.8) is 0 Å². The van der Waals surface area contributed by atoms with Crippen LogP contribution in [0.1, 0.15) is 13.8 Å². The van der Waals surface area contributed by atoms with Crippen LogP contribution in [0.15, 0.2) is 12.7 Å². The lowest BCUT2D eigenvalue weighted by Gasteiger charge is -2.18. The van der Waals surface area contributed by atoms with Crippen LogP contribution < -0.4 is 5.32 Å². The molecule has 0 aliphatic carbocycles. The predicted octanol–water partition coefficient (Wildman–Crippen LogP) is 1.22. The quantitative estimate of drug-likeness (QED) is 0.551. The van der Waals surface area contributed by atoms with Gasteiger partial charge in [0.05, 0.1) is 5.54 Å². The summed E-state index contributed by atoms with van der Waals surface area (Å²) < 4.78 is 0. The van der Waals surface area contributed by atoms with Crippen LogP contribution in [0.2, 0.25) is 0 Å². The molecule has 0 rings (SSSR count). The topological polar surface area (TPSA) is 49.3 Å². The second kappa shape index (κ2) is 2.53. The fourth-order valence-corrected chi connectivity index (χ4v) is 0.327. The molecule has 0 spiro atoms. The third kappa shape index (κ3) is 3.58. The number of carbonyl (C=O) groups is 1. The van der Waals surface area contributed by atoms with E-state index in [1.54, 1.807) is 19.9 Å². The Morgan fingerprint density at radius 3 is 2.33 bits per heavy atom. The first-order valence-electron chi connectivity index (χ1n) is 2.62. The van der Waals surface area contributed by atoms with E-state index in [0.717, 1.165) is 0 Å². The van der Waals surface area contributed by atoms with Gasteiger partial charge in [-0.3, -0.25) is 0 Å². The van der Waals surface area contributed by atoms with Gasteiger partial charge in [0.1, 0.15) is 0 Å². The molecule has 0 aliphatic heterocycles. The fraction of sp³-hybridized carbons (Fsp3) is 0.500. The van der Waals surface area contributed by atoms with Gasteiger partial charge >= 0.3 is 6.09 Å². The fourth-order valence-electron chi connectivity index (χ4n) is 0.327. The molecule has 0 fully saturated rings. The van der Waals surface area contributed by atoms with E-state index in [9.17, 15) is 4.79 Å². The number of nitrogens with one attached hydrogen (secondary N) is 1. The molecule has 3 heteroatoms. The third-order valence-corrected chi connectivity index (χ3v) is 0.939. The van der Waals surface area contributed by atoms with E-state index < -0.39 is 11.6 Å². The van der Waals surface area contributed by atoms with Gasteiger partial charge in [0.15, 0.2) is 0 Å². The highest BCUT2D eigenvalue weighted by Gasteiger charge is 2.13. The van der Waals surface area contributed by atoms with Crippen molar-refractivity contribution in [2.24, 2.45) is 0 Å². The van der Waals surface area contributed by atoms with E-state index >= 15 is 0 Å². The van der Waals surface area contributed by atoms with Crippen LogP contribution in [0.25, 0.3) is 0 Å². The molecule has 0 heterocycles.